The van der Waals surface area contributed by atoms with Crippen LogP contribution in [0, 0.1) is 0 Å². The van der Waals surface area contributed by atoms with E-state index in [-0.39, 0.29) is 0 Å². The van der Waals surface area contributed by atoms with Gasteiger partial charge in [-0.2, -0.15) is 0 Å². The summed E-state index contributed by atoms with van der Waals surface area (Å²) in [6.45, 7) is 5.52. The summed E-state index contributed by atoms with van der Waals surface area (Å²) < 4.78 is 0. The van der Waals surface area contributed by atoms with Crippen LogP contribution in [-0.2, 0) is 0 Å². The SMILES string of the molecule is BrCCN1CCN(c2ccc3ccccc3n2)CC1. The third kappa shape index (κ3) is 2.90. The van der Waals surface area contributed by atoms with Crippen molar-refractivity contribution in [2.75, 3.05) is 43.0 Å². The molecule has 1 fully saturated rings. The van der Waals surface area contributed by atoms with Crippen molar-refractivity contribution < 1.29 is 0 Å². The average Bonchev–Trinajstić information content (AvgIpc) is 2.48. The first-order valence-electron chi connectivity index (χ1n) is 6.76. The third-order valence-electron chi connectivity index (χ3n) is 3.68. The standard InChI is InChI=1S/C15H18BrN3/c16-7-8-18-9-11-19(12-10-18)15-6-5-13-3-1-2-4-14(13)17-15/h1-6H,7-12H2. The highest BCUT2D eigenvalue weighted by Gasteiger charge is 2.17. The number of hydrogen-bond acceptors (Lipinski definition) is 3. The number of anilines is 1. The molecule has 1 aliphatic heterocycles. The molecule has 1 saturated heterocycles. The summed E-state index contributed by atoms with van der Waals surface area (Å²) in [7, 11) is 0. The van der Waals surface area contributed by atoms with Gasteiger partial charge in [-0.3, -0.25) is 4.90 Å². The minimum Gasteiger partial charge on any atom is -0.354 e. The number of para-hydroxylation sites is 1. The summed E-state index contributed by atoms with van der Waals surface area (Å²) in [5.41, 5.74) is 1.09. The van der Waals surface area contributed by atoms with Gasteiger partial charge in [-0.1, -0.05) is 34.1 Å². The van der Waals surface area contributed by atoms with E-state index >= 15 is 0 Å². The van der Waals surface area contributed by atoms with E-state index in [1.54, 1.807) is 0 Å². The molecule has 0 radical (unpaired) electrons. The normalized spacial score (nSPS) is 17.0. The van der Waals surface area contributed by atoms with Crippen LogP contribution in [0.5, 0.6) is 0 Å². The summed E-state index contributed by atoms with van der Waals surface area (Å²) in [5.74, 6) is 1.11. The van der Waals surface area contributed by atoms with Crippen LogP contribution in [0.25, 0.3) is 10.9 Å². The minimum atomic E-state index is 1.06. The van der Waals surface area contributed by atoms with Crippen molar-refractivity contribution in [3.05, 3.63) is 36.4 Å². The van der Waals surface area contributed by atoms with Gasteiger partial charge in [-0.05, 0) is 18.2 Å². The predicted molar refractivity (Wildman–Crippen MR) is 84.2 cm³/mol. The quantitative estimate of drug-likeness (QED) is 0.811. The molecule has 2 aromatic rings. The first kappa shape index (κ1) is 12.9. The van der Waals surface area contributed by atoms with Gasteiger partial charge in [0.25, 0.3) is 0 Å². The summed E-state index contributed by atoms with van der Waals surface area (Å²) in [6, 6.07) is 12.6. The van der Waals surface area contributed by atoms with Crippen molar-refractivity contribution in [2.24, 2.45) is 0 Å². The van der Waals surface area contributed by atoms with E-state index in [2.05, 4.69) is 56.1 Å². The fourth-order valence-electron chi connectivity index (χ4n) is 2.55. The van der Waals surface area contributed by atoms with E-state index in [1.165, 1.54) is 5.39 Å². The number of nitrogens with zero attached hydrogens (tertiary/aromatic N) is 3. The Morgan fingerprint density at radius 2 is 1.79 bits per heavy atom. The second-order valence-corrected chi connectivity index (χ2v) is 5.67. The van der Waals surface area contributed by atoms with Gasteiger partial charge in [0, 0.05) is 43.4 Å². The van der Waals surface area contributed by atoms with Crippen molar-refractivity contribution in [3.8, 4) is 0 Å². The number of halogens is 1. The summed E-state index contributed by atoms with van der Waals surface area (Å²) >= 11 is 3.50. The molecule has 100 valence electrons. The second-order valence-electron chi connectivity index (χ2n) is 4.88. The molecule has 19 heavy (non-hydrogen) atoms. The molecular weight excluding hydrogens is 302 g/mol. The van der Waals surface area contributed by atoms with Gasteiger partial charge in [0.1, 0.15) is 5.82 Å². The third-order valence-corrected chi connectivity index (χ3v) is 4.04. The number of benzene rings is 1. The van der Waals surface area contributed by atoms with Gasteiger partial charge >= 0.3 is 0 Å². The highest BCUT2D eigenvalue weighted by molar-refractivity contribution is 9.09. The lowest BCUT2D eigenvalue weighted by atomic mass is 10.2. The first-order valence-corrected chi connectivity index (χ1v) is 7.88. The smallest absolute Gasteiger partial charge is 0.129 e. The number of pyridine rings is 1. The number of rotatable bonds is 3. The van der Waals surface area contributed by atoms with Crippen molar-refractivity contribution in [3.63, 3.8) is 0 Å². The molecule has 0 saturated carbocycles. The van der Waals surface area contributed by atoms with E-state index < -0.39 is 0 Å². The molecule has 0 atom stereocenters. The summed E-state index contributed by atoms with van der Waals surface area (Å²) in [4.78, 5) is 9.65. The lowest BCUT2D eigenvalue weighted by Crippen LogP contribution is -2.47. The van der Waals surface area contributed by atoms with Gasteiger partial charge in [-0.15, -0.1) is 0 Å². The van der Waals surface area contributed by atoms with Crippen LogP contribution in [0.1, 0.15) is 0 Å². The van der Waals surface area contributed by atoms with Gasteiger partial charge in [0.2, 0.25) is 0 Å². The van der Waals surface area contributed by atoms with Crippen LogP contribution in [-0.4, -0.2) is 47.9 Å². The number of aromatic nitrogens is 1. The van der Waals surface area contributed by atoms with E-state index in [9.17, 15) is 0 Å². The van der Waals surface area contributed by atoms with E-state index in [1.807, 2.05) is 6.07 Å². The maximum atomic E-state index is 4.77. The number of piperazine rings is 1. The predicted octanol–water partition coefficient (Wildman–Crippen LogP) is 2.75. The van der Waals surface area contributed by atoms with E-state index in [0.29, 0.717) is 0 Å². The Labute approximate surface area is 122 Å². The molecule has 0 amide bonds. The Morgan fingerprint density at radius 3 is 2.58 bits per heavy atom. The lowest BCUT2D eigenvalue weighted by molar-refractivity contribution is 0.273. The van der Waals surface area contributed by atoms with Crippen molar-refractivity contribution in [1.29, 1.82) is 0 Å². The lowest BCUT2D eigenvalue weighted by Gasteiger charge is -2.35. The molecular formula is C15H18BrN3. The average molecular weight is 320 g/mol. The molecule has 0 unspecified atom stereocenters. The van der Waals surface area contributed by atoms with Crippen LogP contribution < -0.4 is 4.90 Å². The molecule has 4 heteroatoms. The van der Waals surface area contributed by atoms with Gasteiger partial charge in [0.05, 0.1) is 5.52 Å². The molecule has 1 aromatic carbocycles. The molecule has 0 spiro atoms. The monoisotopic (exact) mass is 319 g/mol. The van der Waals surface area contributed by atoms with Crippen LogP contribution in [0.4, 0.5) is 5.82 Å². The Morgan fingerprint density at radius 1 is 1.00 bits per heavy atom. The van der Waals surface area contributed by atoms with Gasteiger partial charge in [0.15, 0.2) is 0 Å². The summed E-state index contributed by atoms with van der Waals surface area (Å²) in [5, 5.41) is 2.27. The zero-order valence-electron chi connectivity index (χ0n) is 10.9. The zero-order chi connectivity index (χ0) is 13.1. The fraction of sp³-hybridized carbons (Fsp3) is 0.400. The molecule has 0 N–H and O–H groups in total. The number of alkyl halides is 1. The second kappa shape index (κ2) is 5.88. The maximum Gasteiger partial charge on any atom is 0.129 e. The first-order chi connectivity index (χ1) is 9.36. The van der Waals surface area contributed by atoms with Crippen LogP contribution in [0.15, 0.2) is 36.4 Å². The maximum absolute atomic E-state index is 4.77. The molecule has 1 aliphatic rings. The van der Waals surface area contributed by atoms with Gasteiger partial charge < -0.3 is 4.90 Å². The topological polar surface area (TPSA) is 19.4 Å². The molecule has 3 nitrogen and oxygen atoms in total. The van der Waals surface area contributed by atoms with Crippen LogP contribution >= 0.6 is 15.9 Å². The van der Waals surface area contributed by atoms with Crippen molar-refractivity contribution >= 4 is 32.7 Å². The molecule has 2 heterocycles. The number of fused-ring (bicyclic) bond motifs is 1. The minimum absolute atomic E-state index is 1.06. The van der Waals surface area contributed by atoms with Gasteiger partial charge in [-0.25, -0.2) is 4.98 Å². The Bertz CT molecular complexity index is 550. The molecule has 0 bridgehead atoms. The van der Waals surface area contributed by atoms with Crippen molar-refractivity contribution in [2.45, 2.75) is 0 Å². The highest BCUT2D eigenvalue weighted by atomic mass is 79.9. The molecule has 3 rings (SSSR count). The zero-order valence-corrected chi connectivity index (χ0v) is 12.5. The van der Waals surface area contributed by atoms with E-state index in [0.717, 1.165) is 49.4 Å². The summed E-state index contributed by atoms with van der Waals surface area (Å²) in [6.07, 6.45) is 0. The Kier molecular flexibility index (Phi) is 3.99. The fourth-order valence-corrected chi connectivity index (χ4v) is 3.05. The van der Waals surface area contributed by atoms with Crippen molar-refractivity contribution in [1.82, 2.24) is 9.88 Å². The largest absolute Gasteiger partial charge is 0.354 e. The van der Waals surface area contributed by atoms with Crippen LogP contribution in [0.3, 0.4) is 0 Å². The highest BCUT2D eigenvalue weighted by Crippen LogP contribution is 2.19. The number of hydrogen-bond donors (Lipinski definition) is 0. The molecule has 1 aromatic heterocycles. The Hall–Kier alpha value is -1.13. The van der Waals surface area contributed by atoms with Crippen LogP contribution in [0.2, 0.25) is 0 Å². The van der Waals surface area contributed by atoms with E-state index in [4.69, 9.17) is 4.98 Å². The Balaban J connectivity index is 1.74. The molecule has 0 aliphatic carbocycles.